The smallest absolute Gasteiger partial charge is 0.494 e. The van der Waals surface area contributed by atoms with Crippen molar-refractivity contribution < 1.29 is 38.1 Å². The number of rotatable bonds is 13. The molecule has 0 saturated heterocycles. The maximum absolute atomic E-state index is 13.0. The van der Waals surface area contributed by atoms with Gasteiger partial charge >= 0.3 is 18.1 Å². The van der Waals surface area contributed by atoms with Crippen molar-refractivity contribution in [2.75, 3.05) is 6.61 Å². The minimum absolute atomic E-state index is 0.195. The second-order valence-corrected chi connectivity index (χ2v) is 18.4. The quantitative estimate of drug-likeness (QED) is 0.0731. The van der Waals surface area contributed by atoms with Crippen LogP contribution in [0, 0.1) is 52.3 Å². The highest BCUT2D eigenvalue weighted by molar-refractivity contribution is 5.92. The topological polar surface area (TPSA) is 97.4 Å². The van der Waals surface area contributed by atoms with Crippen molar-refractivity contribution >= 4 is 18.1 Å². The molecule has 7 rings (SSSR count). The summed E-state index contributed by atoms with van der Waals surface area (Å²) in [7, 11) is 0. The van der Waals surface area contributed by atoms with Crippen molar-refractivity contribution in [2.24, 2.45) is 52.3 Å². The Labute approximate surface area is 345 Å². The van der Waals surface area contributed by atoms with Crippen LogP contribution >= 0.6 is 0 Å². The molecule has 4 aliphatic carbocycles. The van der Waals surface area contributed by atoms with Crippen LogP contribution in [0.5, 0.6) is 23.0 Å². The number of carbonyl (C=O) groups is 3. The average molecular weight is 791 g/mol. The summed E-state index contributed by atoms with van der Waals surface area (Å²) in [4.78, 5) is 38.4. The Kier molecular flexibility index (Phi) is 12.7. The molecule has 58 heavy (non-hydrogen) atoms. The molecule has 0 amide bonds. The molecule has 310 valence electrons. The molecule has 9 atom stereocenters. The monoisotopic (exact) mass is 790 g/mol. The fraction of sp³-hybridized carbons (Fsp3) is 0.540. The summed E-state index contributed by atoms with van der Waals surface area (Å²) in [5.74, 6) is 5.40. The predicted octanol–water partition coefficient (Wildman–Crippen LogP) is 12.3. The molecular formula is C50H62O8. The second kappa shape index (κ2) is 17.7. The van der Waals surface area contributed by atoms with Crippen LogP contribution in [0.4, 0.5) is 4.79 Å². The highest BCUT2D eigenvalue weighted by Crippen LogP contribution is 2.67. The second-order valence-electron chi connectivity index (χ2n) is 18.4. The third kappa shape index (κ3) is 9.01. The number of ether oxygens (including phenoxy) is 5. The molecule has 4 unspecified atom stereocenters. The largest absolute Gasteiger partial charge is 0.514 e. The summed E-state index contributed by atoms with van der Waals surface area (Å²) in [6, 6.07) is 19.1. The summed E-state index contributed by atoms with van der Waals surface area (Å²) in [6.07, 6.45) is 16.3. The van der Waals surface area contributed by atoms with Crippen molar-refractivity contribution in [2.45, 2.75) is 112 Å². The first-order chi connectivity index (χ1) is 27.9. The number of hydrogen-bond acceptors (Lipinski definition) is 8. The van der Waals surface area contributed by atoms with E-state index in [0.29, 0.717) is 46.8 Å². The molecule has 0 heterocycles. The van der Waals surface area contributed by atoms with Crippen LogP contribution in [-0.4, -0.2) is 30.8 Å². The van der Waals surface area contributed by atoms with E-state index in [-0.39, 0.29) is 28.6 Å². The van der Waals surface area contributed by atoms with Crippen LogP contribution in [0.1, 0.15) is 126 Å². The summed E-state index contributed by atoms with van der Waals surface area (Å²) >= 11 is 0. The minimum Gasteiger partial charge on any atom is -0.494 e. The van der Waals surface area contributed by atoms with Crippen LogP contribution < -0.4 is 18.9 Å². The number of hydrogen-bond donors (Lipinski definition) is 0. The molecule has 0 aliphatic heterocycles. The third-order valence-corrected chi connectivity index (χ3v) is 14.5. The van der Waals surface area contributed by atoms with E-state index in [4.69, 9.17) is 23.7 Å². The molecule has 8 nitrogen and oxygen atoms in total. The van der Waals surface area contributed by atoms with Gasteiger partial charge in [-0.25, -0.2) is 14.4 Å². The predicted molar refractivity (Wildman–Crippen MR) is 224 cm³/mol. The zero-order chi connectivity index (χ0) is 41.0. The summed E-state index contributed by atoms with van der Waals surface area (Å²) in [5.41, 5.74) is 1.34. The lowest BCUT2D eigenvalue weighted by atomic mass is 9.46. The molecule has 4 aliphatic rings. The Hall–Kier alpha value is -4.59. The maximum atomic E-state index is 13.0. The lowest BCUT2D eigenvalue weighted by Crippen LogP contribution is -2.52. The van der Waals surface area contributed by atoms with Crippen molar-refractivity contribution in [3.63, 3.8) is 0 Å². The van der Waals surface area contributed by atoms with E-state index >= 15 is 0 Å². The van der Waals surface area contributed by atoms with Gasteiger partial charge in [0.15, 0.2) is 0 Å². The highest BCUT2D eigenvalue weighted by Gasteiger charge is 2.59. The molecule has 0 spiro atoms. The fourth-order valence-corrected chi connectivity index (χ4v) is 11.4. The summed E-state index contributed by atoms with van der Waals surface area (Å²) < 4.78 is 27.8. The third-order valence-electron chi connectivity index (χ3n) is 14.5. The van der Waals surface area contributed by atoms with Gasteiger partial charge in [-0.05, 0) is 177 Å². The van der Waals surface area contributed by atoms with Crippen LogP contribution in [0.15, 0.2) is 84.9 Å². The van der Waals surface area contributed by atoms with Crippen LogP contribution in [0.3, 0.4) is 0 Å². The number of esters is 2. The van der Waals surface area contributed by atoms with Gasteiger partial charge in [-0.2, -0.15) is 0 Å². The van der Waals surface area contributed by atoms with E-state index < -0.39 is 18.1 Å². The minimum atomic E-state index is -0.724. The number of allylic oxidation sites excluding steroid dienone is 2. The van der Waals surface area contributed by atoms with E-state index in [9.17, 15) is 14.4 Å². The van der Waals surface area contributed by atoms with Gasteiger partial charge in [-0.3, -0.25) is 0 Å². The fourth-order valence-electron chi connectivity index (χ4n) is 11.4. The highest BCUT2D eigenvalue weighted by atomic mass is 16.7. The van der Waals surface area contributed by atoms with Gasteiger partial charge in [0.25, 0.3) is 0 Å². The van der Waals surface area contributed by atoms with E-state index in [2.05, 4.69) is 46.8 Å². The first kappa shape index (κ1) is 41.6. The lowest BCUT2D eigenvalue weighted by Gasteiger charge is -2.59. The van der Waals surface area contributed by atoms with Gasteiger partial charge in [-0.15, -0.1) is 0 Å². The zero-order valence-electron chi connectivity index (χ0n) is 35.2. The van der Waals surface area contributed by atoms with E-state index in [1.165, 1.54) is 44.9 Å². The molecule has 0 N–H and O–H groups in total. The van der Waals surface area contributed by atoms with E-state index in [0.717, 1.165) is 42.9 Å². The Bertz CT molecular complexity index is 1920. The van der Waals surface area contributed by atoms with E-state index in [1.54, 1.807) is 72.8 Å². The number of fused-ring (bicyclic) bond motifs is 5. The SMILES string of the molecule is CCOc1ccc(C(=O)Oc2ccc(OC(=O)c3ccc(OC(=O)OC4CC[C@]5(C)C(C=CC6[C@H]7CC[C@@H](C(C)CCCC(C)C)[C@]7(C)CC[C@H]65)C4)cc3)cc2)cc1. The first-order valence-electron chi connectivity index (χ1n) is 21.8. The van der Waals surface area contributed by atoms with Gasteiger partial charge in [0.2, 0.25) is 0 Å². The average Bonchev–Trinajstić information content (AvgIpc) is 3.56. The molecule has 0 radical (unpaired) electrons. The summed E-state index contributed by atoms with van der Waals surface area (Å²) in [6.45, 7) is 14.8. The Morgan fingerprint density at radius 2 is 1.21 bits per heavy atom. The van der Waals surface area contributed by atoms with Gasteiger partial charge < -0.3 is 23.7 Å². The number of carbonyl (C=O) groups excluding carboxylic acids is 3. The van der Waals surface area contributed by atoms with Crippen LogP contribution in [0.25, 0.3) is 0 Å². The first-order valence-corrected chi connectivity index (χ1v) is 21.8. The van der Waals surface area contributed by atoms with E-state index in [1.807, 2.05) is 6.92 Å². The molecule has 8 heteroatoms. The molecule has 3 saturated carbocycles. The summed E-state index contributed by atoms with van der Waals surface area (Å²) in [5, 5.41) is 0. The standard InChI is InChI=1S/C50H62O8/c1-7-54-37-16-11-34(12-17-37)46(51)55-38-20-22-39(23-21-38)56-47(52)35-13-18-40(19-14-35)57-48(53)58-41-27-29-49(5)36(31-41)15-24-42-44-26-25-43(33(4)10-8-9-32(2)3)50(44,6)30-28-45(42)49/h11-24,32-33,36,41-45H,7-10,25-31H2,1-6H3/t33?,36?,41?,42?,43-,44+,45+,49+,50-/m0/s1. The van der Waals surface area contributed by atoms with Gasteiger partial charge in [0.05, 0.1) is 17.7 Å². The Morgan fingerprint density at radius 1 is 0.655 bits per heavy atom. The normalized spacial score (nSPS) is 29.0. The lowest BCUT2D eigenvalue weighted by molar-refractivity contribution is -0.0852. The van der Waals surface area contributed by atoms with Crippen molar-refractivity contribution in [3.8, 4) is 23.0 Å². The Morgan fingerprint density at radius 3 is 1.81 bits per heavy atom. The van der Waals surface area contributed by atoms with Crippen molar-refractivity contribution in [3.05, 3.63) is 96.1 Å². The van der Waals surface area contributed by atoms with Gasteiger partial charge in [0.1, 0.15) is 29.1 Å². The molecule has 0 aromatic heterocycles. The maximum Gasteiger partial charge on any atom is 0.514 e. The number of benzene rings is 3. The molecule has 0 bridgehead atoms. The zero-order valence-corrected chi connectivity index (χ0v) is 35.2. The van der Waals surface area contributed by atoms with Crippen molar-refractivity contribution in [1.82, 2.24) is 0 Å². The van der Waals surface area contributed by atoms with Crippen LogP contribution in [0.2, 0.25) is 0 Å². The molecule has 3 aromatic rings. The molecule has 3 aromatic carbocycles. The molecular weight excluding hydrogens is 729 g/mol. The Balaban J connectivity index is 0.873. The van der Waals surface area contributed by atoms with Crippen molar-refractivity contribution in [1.29, 1.82) is 0 Å². The van der Waals surface area contributed by atoms with Crippen LogP contribution in [-0.2, 0) is 4.74 Å². The van der Waals surface area contributed by atoms with Gasteiger partial charge in [0, 0.05) is 0 Å². The van der Waals surface area contributed by atoms with Gasteiger partial charge in [-0.1, -0.05) is 66.0 Å². The molecule has 3 fully saturated rings.